The maximum Gasteiger partial charge on any atom is 0.0886 e. The van der Waals surface area contributed by atoms with Gasteiger partial charge >= 0.3 is 0 Å². The van der Waals surface area contributed by atoms with E-state index in [0.717, 1.165) is 45.6 Å². The van der Waals surface area contributed by atoms with E-state index in [0.29, 0.717) is 35.4 Å². The molecule has 12 nitrogen and oxygen atoms in total. The van der Waals surface area contributed by atoms with Crippen molar-refractivity contribution in [2.24, 2.45) is 9.98 Å². The third-order valence-electron chi connectivity index (χ3n) is 9.37. The zero-order valence-electron chi connectivity index (χ0n) is 36.3. The van der Waals surface area contributed by atoms with Crippen LogP contribution in [0.2, 0.25) is 0 Å². The molecule has 68 heavy (non-hydrogen) atoms. The van der Waals surface area contributed by atoms with Crippen molar-refractivity contribution in [3.8, 4) is 57.1 Å². The largest absolute Gasteiger partial charge is 0.872 e. The number of aromatic nitrogens is 8. The van der Waals surface area contributed by atoms with Gasteiger partial charge in [-0.1, -0.05) is 84.3 Å². The van der Waals surface area contributed by atoms with E-state index in [2.05, 4.69) is 49.9 Å². The van der Waals surface area contributed by atoms with Gasteiger partial charge in [0.05, 0.1) is 57.0 Å². The van der Waals surface area contributed by atoms with E-state index in [1.165, 1.54) is 12.1 Å². The Morgan fingerprint density at radius 1 is 0.294 bits per heavy atom. The summed E-state index contributed by atoms with van der Waals surface area (Å²) < 4.78 is 0. The molecule has 0 N–H and O–H groups in total. The average molecular weight is 1070 g/mol. The van der Waals surface area contributed by atoms with Crippen molar-refractivity contribution in [2.45, 2.75) is 12.8 Å². The van der Waals surface area contributed by atoms with Crippen LogP contribution in [0.3, 0.4) is 0 Å². The standard InChI is InChI=1S/C14H12N2O2.4C10H8N2.2Ru/c17-13-8-10(12-4-2-6-16-12)14(18)7-9(13)11-3-1-5-15-11;4*1-3-7-11-9(5-1)10-6-2-4-8-12-10;;/h1-2,5-8,17-18H,3-4H2;4*1-8H;;/p-2. The van der Waals surface area contributed by atoms with E-state index in [1.54, 1.807) is 62.0 Å². The minimum atomic E-state index is -0.165. The van der Waals surface area contributed by atoms with Crippen molar-refractivity contribution in [1.82, 2.24) is 39.9 Å². The Morgan fingerprint density at radius 3 is 0.647 bits per heavy atom. The van der Waals surface area contributed by atoms with E-state index in [9.17, 15) is 10.2 Å². The summed E-state index contributed by atoms with van der Waals surface area (Å²) in [6, 6.07) is 49.1. The summed E-state index contributed by atoms with van der Waals surface area (Å²) >= 11 is 0. The molecule has 8 aromatic heterocycles. The molecule has 14 heteroatoms. The van der Waals surface area contributed by atoms with Crippen molar-refractivity contribution in [2.75, 3.05) is 0 Å². The predicted molar refractivity (Wildman–Crippen MR) is 256 cm³/mol. The molecule has 0 spiro atoms. The molecule has 0 saturated carbocycles. The van der Waals surface area contributed by atoms with Crippen LogP contribution >= 0.6 is 0 Å². The van der Waals surface area contributed by atoms with Crippen LogP contribution in [0.5, 0.6) is 11.5 Å². The first-order chi connectivity index (χ1) is 32.6. The predicted octanol–water partition coefficient (Wildman–Crippen LogP) is 9.82. The Labute approximate surface area is 420 Å². The van der Waals surface area contributed by atoms with Crippen LogP contribution in [-0.4, -0.2) is 51.3 Å². The molecule has 0 radical (unpaired) electrons. The number of hydrogen-bond acceptors (Lipinski definition) is 12. The SMILES string of the molecule is [O-]c1cc(C2=NC=CC2)c([O-])cc1C1=NC=CC1.[Ru].[Ru].c1ccc(-c2ccccn2)nc1.c1ccc(-c2ccccn2)nc1.c1ccc(-c2ccccn2)nc1.c1ccc(-c2ccccn2)nc1. The van der Waals surface area contributed by atoms with Crippen LogP contribution in [0, 0.1) is 0 Å². The second-order valence-corrected chi connectivity index (χ2v) is 13.9. The Bertz CT molecular complexity index is 2450. The van der Waals surface area contributed by atoms with E-state index in [4.69, 9.17) is 0 Å². The van der Waals surface area contributed by atoms with Gasteiger partial charge in [-0.05, 0) is 108 Å². The molecule has 1 aromatic carbocycles. The number of nitrogens with zero attached hydrogens (tertiary/aromatic N) is 10. The van der Waals surface area contributed by atoms with E-state index >= 15 is 0 Å². The van der Waals surface area contributed by atoms with Gasteiger partial charge in [0.2, 0.25) is 0 Å². The summed E-state index contributed by atoms with van der Waals surface area (Å²) in [5, 5.41) is 24.0. The van der Waals surface area contributed by atoms with Gasteiger partial charge in [0.25, 0.3) is 0 Å². The fourth-order valence-corrected chi connectivity index (χ4v) is 6.20. The molecule has 2 aliphatic rings. The fraction of sp³-hybridized carbons (Fsp3) is 0.0370. The minimum Gasteiger partial charge on any atom is -0.872 e. The quantitative estimate of drug-likeness (QED) is 0.146. The van der Waals surface area contributed by atoms with Crippen molar-refractivity contribution in [3.05, 3.63) is 243 Å². The molecule has 11 rings (SSSR count). The van der Waals surface area contributed by atoms with Gasteiger partial charge in [0, 0.05) is 114 Å². The number of benzene rings is 1. The van der Waals surface area contributed by atoms with Crippen LogP contribution in [0.25, 0.3) is 45.6 Å². The average Bonchev–Trinajstić information content (AvgIpc) is 4.17. The van der Waals surface area contributed by atoms with Crippen LogP contribution in [-0.2, 0) is 39.0 Å². The number of pyridine rings is 8. The number of rotatable bonds is 6. The van der Waals surface area contributed by atoms with Gasteiger partial charge in [-0.15, -0.1) is 0 Å². The van der Waals surface area contributed by atoms with Crippen LogP contribution < -0.4 is 10.2 Å². The summed E-state index contributed by atoms with van der Waals surface area (Å²) in [6.07, 6.45) is 22.4. The molecule has 0 amide bonds. The van der Waals surface area contributed by atoms with Gasteiger partial charge in [-0.2, -0.15) is 0 Å². The molecule has 0 bridgehead atoms. The fourth-order valence-electron chi connectivity index (χ4n) is 6.20. The maximum absolute atomic E-state index is 12.0. The molecule has 0 aliphatic carbocycles. The topological polar surface area (TPSA) is 174 Å². The van der Waals surface area contributed by atoms with Crippen LogP contribution in [0.1, 0.15) is 24.0 Å². The van der Waals surface area contributed by atoms with Gasteiger partial charge in [-0.25, -0.2) is 0 Å². The molecular weight excluding hydrogens is 1020 g/mol. The Balaban J connectivity index is 0.000000159. The van der Waals surface area contributed by atoms with E-state index in [-0.39, 0.29) is 50.5 Å². The van der Waals surface area contributed by atoms with Crippen molar-refractivity contribution in [1.29, 1.82) is 0 Å². The van der Waals surface area contributed by atoms with E-state index in [1.807, 2.05) is 158 Å². The minimum absolute atomic E-state index is 0. The van der Waals surface area contributed by atoms with Gasteiger partial charge < -0.3 is 10.2 Å². The van der Waals surface area contributed by atoms with Crippen molar-refractivity contribution in [3.63, 3.8) is 0 Å². The maximum atomic E-state index is 12.0. The zero-order valence-corrected chi connectivity index (χ0v) is 39.8. The normalized spacial score (nSPS) is 11.4. The van der Waals surface area contributed by atoms with Gasteiger partial charge in [0.1, 0.15) is 0 Å². The molecule has 0 atom stereocenters. The van der Waals surface area contributed by atoms with Crippen LogP contribution in [0.4, 0.5) is 0 Å². The summed E-state index contributed by atoms with van der Waals surface area (Å²) in [7, 11) is 0. The molecule has 9 aromatic rings. The van der Waals surface area contributed by atoms with E-state index < -0.39 is 0 Å². The summed E-state index contributed by atoms with van der Waals surface area (Å²) in [5.41, 5.74) is 9.45. The second kappa shape index (κ2) is 28.2. The first-order valence-corrected chi connectivity index (χ1v) is 20.9. The monoisotopic (exact) mass is 1070 g/mol. The molecule has 10 heterocycles. The molecule has 0 saturated heterocycles. The molecular formula is C54H42N10O2Ru2-2. The number of aliphatic imine (C=N–C) groups is 2. The second-order valence-electron chi connectivity index (χ2n) is 13.9. The summed E-state index contributed by atoms with van der Waals surface area (Å²) in [5.74, 6) is -0.330. The summed E-state index contributed by atoms with van der Waals surface area (Å²) in [4.78, 5) is 41.7. The van der Waals surface area contributed by atoms with Gasteiger partial charge in [-0.3, -0.25) is 49.9 Å². The Hall–Kier alpha value is -7.91. The number of hydrogen-bond donors (Lipinski definition) is 0. The molecule has 0 fully saturated rings. The van der Waals surface area contributed by atoms with Crippen molar-refractivity contribution < 1.29 is 49.2 Å². The first kappa shape index (κ1) is 51.1. The molecule has 0 unspecified atom stereocenters. The number of allylic oxidation sites excluding steroid dienone is 2. The summed E-state index contributed by atoms with van der Waals surface area (Å²) in [6.45, 7) is 0. The smallest absolute Gasteiger partial charge is 0.0886 e. The third kappa shape index (κ3) is 15.6. The Kier molecular flexibility index (Phi) is 21.2. The zero-order chi connectivity index (χ0) is 45.4. The van der Waals surface area contributed by atoms with Crippen molar-refractivity contribution >= 4 is 11.4 Å². The van der Waals surface area contributed by atoms with Crippen LogP contribution in [0.15, 0.2) is 242 Å². The molecule has 338 valence electrons. The van der Waals surface area contributed by atoms with Gasteiger partial charge in [0.15, 0.2) is 0 Å². The third-order valence-corrected chi connectivity index (χ3v) is 9.37. The first-order valence-electron chi connectivity index (χ1n) is 20.9. The Morgan fingerprint density at radius 2 is 0.500 bits per heavy atom. The molecule has 2 aliphatic heterocycles.